The Kier molecular flexibility index (Phi) is 2.91. The maximum Gasteiger partial charge on any atom is 0.165 e. The average molecular weight is 282 g/mol. The lowest BCUT2D eigenvalue weighted by Crippen LogP contribution is -1.98. The van der Waals surface area contributed by atoms with Crippen LogP contribution < -0.4 is 5.32 Å². The molecule has 0 aromatic carbocycles. The summed E-state index contributed by atoms with van der Waals surface area (Å²) >= 11 is 3.38. The Morgan fingerprint density at radius 3 is 2.69 bits per heavy atom. The molecule has 0 amide bonds. The third-order valence-corrected chi connectivity index (χ3v) is 3.04. The summed E-state index contributed by atoms with van der Waals surface area (Å²) in [5.41, 5.74) is 2.00. The summed E-state index contributed by atoms with van der Waals surface area (Å²) < 4.78 is 2.65. The number of hydrogen-bond acceptors (Lipinski definition) is 4. The van der Waals surface area contributed by atoms with Crippen LogP contribution >= 0.6 is 15.9 Å². The van der Waals surface area contributed by atoms with Gasteiger partial charge >= 0.3 is 0 Å². The number of halogens is 1. The number of hydrogen-bond donors (Lipinski definition) is 1. The van der Waals surface area contributed by atoms with Crippen molar-refractivity contribution in [2.24, 2.45) is 7.05 Å². The van der Waals surface area contributed by atoms with Crippen molar-refractivity contribution in [2.45, 2.75) is 6.92 Å². The fourth-order valence-electron chi connectivity index (χ4n) is 1.39. The van der Waals surface area contributed by atoms with Gasteiger partial charge in [-0.1, -0.05) is 0 Å². The highest BCUT2D eigenvalue weighted by atomic mass is 79.9. The Labute approximate surface area is 102 Å². The summed E-state index contributed by atoms with van der Waals surface area (Å²) in [6, 6.07) is 0. The van der Waals surface area contributed by atoms with E-state index in [1.54, 1.807) is 17.1 Å². The monoisotopic (exact) mass is 281 g/mol. The molecule has 6 heteroatoms. The normalized spacial score (nSPS) is 10.5. The maximum atomic E-state index is 4.41. The van der Waals surface area contributed by atoms with Gasteiger partial charge in [0.05, 0.1) is 16.2 Å². The molecule has 2 heterocycles. The van der Waals surface area contributed by atoms with Crippen LogP contribution in [0.15, 0.2) is 16.9 Å². The summed E-state index contributed by atoms with van der Waals surface area (Å²) in [5.74, 6) is 1.45. The number of nitrogens with one attached hydrogen (secondary N) is 1. The summed E-state index contributed by atoms with van der Waals surface area (Å²) in [6.07, 6.45) is 3.51. The summed E-state index contributed by atoms with van der Waals surface area (Å²) in [4.78, 5) is 8.69. The number of aromatic nitrogens is 4. The van der Waals surface area contributed by atoms with Gasteiger partial charge in [-0.15, -0.1) is 0 Å². The van der Waals surface area contributed by atoms with Gasteiger partial charge in [-0.05, 0) is 22.9 Å². The fourth-order valence-corrected chi connectivity index (χ4v) is 1.78. The second-order valence-corrected chi connectivity index (χ2v) is 4.26. The first kappa shape index (κ1) is 11.1. The van der Waals surface area contributed by atoms with Crippen molar-refractivity contribution >= 4 is 21.7 Å². The predicted molar refractivity (Wildman–Crippen MR) is 66.2 cm³/mol. The summed E-state index contributed by atoms with van der Waals surface area (Å²) in [5, 5.41) is 7.18. The number of rotatable bonds is 2. The summed E-state index contributed by atoms with van der Waals surface area (Å²) in [6.45, 7) is 1.99. The third-order valence-electron chi connectivity index (χ3n) is 2.46. The Balaban J connectivity index is 2.52. The zero-order valence-electron chi connectivity index (χ0n) is 9.32. The first-order valence-electron chi connectivity index (χ1n) is 4.82. The van der Waals surface area contributed by atoms with Gasteiger partial charge < -0.3 is 5.32 Å². The van der Waals surface area contributed by atoms with Crippen molar-refractivity contribution in [1.82, 2.24) is 19.7 Å². The van der Waals surface area contributed by atoms with Crippen LogP contribution in [0.2, 0.25) is 0 Å². The van der Waals surface area contributed by atoms with E-state index in [4.69, 9.17) is 0 Å². The standard InChI is InChI=1S/C10H12BrN5/c1-6-7(4-14-16(6)3)9-13-5-8(11)10(12-2)15-9/h4-5H,1-3H3,(H,12,13,15). The Hall–Kier alpha value is -1.43. The number of aryl methyl sites for hydroxylation is 1. The van der Waals surface area contributed by atoms with Crippen LogP contribution in [0, 0.1) is 6.92 Å². The van der Waals surface area contributed by atoms with E-state index in [0.717, 1.165) is 21.5 Å². The molecule has 0 saturated carbocycles. The van der Waals surface area contributed by atoms with Gasteiger partial charge in [0.15, 0.2) is 5.82 Å². The Bertz CT molecular complexity index is 520. The molecule has 0 atom stereocenters. The van der Waals surface area contributed by atoms with Crippen LogP contribution in [-0.2, 0) is 7.05 Å². The van der Waals surface area contributed by atoms with Crippen molar-refractivity contribution in [3.8, 4) is 11.4 Å². The van der Waals surface area contributed by atoms with Gasteiger partial charge in [0.2, 0.25) is 0 Å². The van der Waals surface area contributed by atoms with E-state index >= 15 is 0 Å². The molecule has 1 N–H and O–H groups in total. The topological polar surface area (TPSA) is 55.6 Å². The van der Waals surface area contributed by atoms with Crippen LogP contribution in [0.4, 0.5) is 5.82 Å². The minimum atomic E-state index is 0.679. The molecule has 0 aliphatic heterocycles. The van der Waals surface area contributed by atoms with E-state index in [1.165, 1.54) is 0 Å². The lowest BCUT2D eigenvalue weighted by atomic mass is 10.2. The molecule has 84 valence electrons. The Morgan fingerprint density at radius 1 is 1.38 bits per heavy atom. The van der Waals surface area contributed by atoms with Crippen LogP contribution in [0.1, 0.15) is 5.69 Å². The lowest BCUT2D eigenvalue weighted by molar-refractivity contribution is 0.740. The highest BCUT2D eigenvalue weighted by Gasteiger charge is 2.11. The predicted octanol–water partition coefficient (Wildman–Crippen LogP) is 1.99. The fraction of sp³-hybridized carbons (Fsp3) is 0.300. The molecule has 16 heavy (non-hydrogen) atoms. The lowest BCUT2D eigenvalue weighted by Gasteiger charge is -2.04. The van der Waals surface area contributed by atoms with Crippen LogP contribution in [0.5, 0.6) is 0 Å². The van der Waals surface area contributed by atoms with Crippen molar-refractivity contribution < 1.29 is 0 Å². The van der Waals surface area contributed by atoms with Gasteiger partial charge in [0.1, 0.15) is 5.82 Å². The smallest absolute Gasteiger partial charge is 0.165 e. The molecule has 0 saturated heterocycles. The van der Waals surface area contributed by atoms with Crippen molar-refractivity contribution in [2.75, 3.05) is 12.4 Å². The first-order valence-corrected chi connectivity index (χ1v) is 5.62. The summed E-state index contributed by atoms with van der Waals surface area (Å²) in [7, 11) is 3.73. The van der Waals surface area contributed by atoms with Crippen molar-refractivity contribution in [3.63, 3.8) is 0 Å². The molecule has 0 aliphatic rings. The van der Waals surface area contributed by atoms with E-state index in [9.17, 15) is 0 Å². The second kappa shape index (κ2) is 4.21. The molecule has 0 unspecified atom stereocenters. The molecule has 0 bridgehead atoms. The van der Waals surface area contributed by atoms with Gasteiger partial charge in [-0.2, -0.15) is 5.10 Å². The van der Waals surface area contributed by atoms with Crippen LogP contribution in [0.25, 0.3) is 11.4 Å². The zero-order valence-corrected chi connectivity index (χ0v) is 10.9. The maximum absolute atomic E-state index is 4.41. The molecule has 0 fully saturated rings. The van der Waals surface area contributed by atoms with Crippen molar-refractivity contribution in [1.29, 1.82) is 0 Å². The minimum Gasteiger partial charge on any atom is -0.372 e. The van der Waals surface area contributed by atoms with Crippen LogP contribution in [0.3, 0.4) is 0 Å². The van der Waals surface area contributed by atoms with Gasteiger partial charge in [0.25, 0.3) is 0 Å². The van der Waals surface area contributed by atoms with E-state index in [-0.39, 0.29) is 0 Å². The molecule has 5 nitrogen and oxygen atoms in total. The quantitative estimate of drug-likeness (QED) is 0.915. The second-order valence-electron chi connectivity index (χ2n) is 3.41. The van der Waals surface area contributed by atoms with Gasteiger partial charge in [0, 0.05) is 26.0 Å². The SMILES string of the molecule is CNc1nc(-c2cnn(C)c2C)ncc1Br. The van der Waals surface area contributed by atoms with E-state index < -0.39 is 0 Å². The van der Waals surface area contributed by atoms with Crippen LogP contribution in [-0.4, -0.2) is 26.8 Å². The number of anilines is 1. The molecular weight excluding hydrogens is 270 g/mol. The third kappa shape index (κ3) is 1.80. The zero-order chi connectivity index (χ0) is 11.7. The van der Waals surface area contributed by atoms with Crippen molar-refractivity contribution in [3.05, 3.63) is 22.6 Å². The van der Waals surface area contributed by atoms with E-state index in [0.29, 0.717) is 5.82 Å². The molecule has 2 aromatic heterocycles. The highest BCUT2D eigenvalue weighted by Crippen LogP contribution is 2.24. The van der Waals surface area contributed by atoms with Gasteiger partial charge in [-0.3, -0.25) is 4.68 Å². The molecular formula is C10H12BrN5. The molecule has 0 aliphatic carbocycles. The van der Waals surface area contributed by atoms with E-state index in [1.807, 2.05) is 21.0 Å². The minimum absolute atomic E-state index is 0.679. The van der Waals surface area contributed by atoms with Gasteiger partial charge in [-0.25, -0.2) is 9.97 Å². The largest absolute Gasteiger partial charge is 0.372 e. The molecule has 2 aromatic rings. The first-order chi connectivity index (χ1) is 7.63. The number of nitrogens with zero attached hydrogens (tertiary/aromatic N) is 4. The molecule has 2 rings (SSSR count). The average Bonchev–Trinajstić information content (AvgIpc) is 2.61. The highest BCUT2D eigenvalue weighted by molar-refractivity contribution is 9.10. The molecule has 0 spiro atoms. The molecule has 0 radical (unpaired) electrons. The van der Waals surface area contributed by atoms with E-state index in [2.05, 4.69) is 36.3 Å². The Morgan fingerprint density at radius 2 is 2.12 bits per heavy atom.